The van der Waals surface area contributed by atoms with Crippen LogP contribution < -0.4 is 15.5 Å². The molecule has 1 fully saturated rings. The molecule has 134 valence electrons. The summed E-state index contributed by atoms with van der Waals surface area (Å²) in [7, 11) is 1.72. The first kappa shape index (κ1) is 18.5. The zero-order chi connectivity index (χ0) is 17.0. The van der Waals surface area contributed by atoms with Gasteiger partial charge in [0.2, 0.25) is 0 Å². The fourth-order valence-electron chi connectivity index (χ4n) is 2.69. The van der Waals surface area contributed by atoms with E-state index in [4.69, 9.17) is 14.5 Å². The number of benzene rings is 1. The summed E-state index contributed by atoms with van der Waals surface area (Å²) in [5.74, 6) is 0.852. The van der Waals surface area contributed by atoms with Crippen LogP contribution in [0.2, 0.25) is 0 Å². The highest BCUT2D eigenvalue weighted by Crippen LogP contribution is 2.22. The molecular formula is C18H30N4O2. The maximum absolute atomic E-state index is 5.46. The lowest BCUT2D eigenvalue weighted by atomic mass is 10.1. The van der Waals surface area contributed by atoms with E-state index >= 15 is 0 Å². The van der Waals surface area contributed by atoms with E-state index in [1.807, 2.05) is 0 Å². The highest BCUT2D eigenvalue weighted by molar-refractivity contribution is 5.79. The molecule has 2 rings (SSSR count). The summed E-state index contributed by atoms with van der Waals surface area (Å²) < 4.78 is 10.5. The van der Waals surface area contributed by atoms with Crippen LogP contribution in [0.4, 0.5) is 5.69 Å². The standard InChI is InChI=1S/C18H30N4O2/c1-3-19-18(20-9-6-12-23-2)21-15-16-7-4-5-8-17(16)22-10-13-24-14-11-22/h4-5,7-8H,3,6,9-15H2,1-2H3,(H2,19,20,21). The van der Waals surface area contributed by atoms with E-state index in [0.29, 0.717) is 6.54 Å². The number of hydrogen-bond donors (Lipinski definition) is 2. The molecule has 2 N–H and O–H groups in total. The molecule has 0 radical (unpaired) electrons. The number of anilines is 1. The highest BCUT2D eigenvalue weighted by Gasteiger charge is 2.14. The quantitative estimate of drug-likeness (QED) is 0.430. The summed E-state index contributed by atoms with van der Waals surface area (Å²) in [6.45, 7) is 8.66. The zero-order valence-corrected chi connectivity index (χ0v) is 14.9. The lowest BCUT2D eigenvalue weighted by Gasteiger charge is -2.30. The molecule has 0 unspecified atom stereocenters. The minimum atomic E-state index is 0.660. The van der Waals surface area contributed by atoms with Crippen LogP contribution in [-0.4, -0.2) is 59.1 Å². The molecule has 24 heavy (non-hydrogen) atoms. The van der Waals surface area contributed by atoms with Gasteiger partial charge in [-0.2, -0.15) is 0 Å². The lowest BCUT2D eigenvalue weighted by Crippen LogP contribution is -2.38. The number of hydrogen-bond acceptors (Lipinski definition) is 4. The predicted octanol–water partition coefficient (Wildman–Crippen LogP) is 1.61. The molecule has 0 atom stereocenters. The van der Waals surface area contributed by atoms with E-state index in [1.54, 1.807) is 7.11 Å². The minimum absolute atomic E-state index is 0.660. The Morgan fingerprint density at radius 1 is 1.25 bits per heavy atom. The molecule has 1 heterocycles. The number of morpholine rings is 1. The molecule has 0 aromatic heterocycles. The third-order valence-electron chi connectivity index (χ3n) is 3.91. The van der Waals surface area contributed by atoms with Crippen LogP contribution in [0.3, 0.4) is 0 Å². The number of nitrogens with one attached hydrogen (secondary N) is 2. The highest BCUT2D eigenvalue weighted by atomic mass is 16.5. The SMILES string of the molecule is CCNC(=NCc1ccccc1N1CCOCC1)NCCCOC. The zero-order valence-electron chi connectivity index (χ0n) is 14.9. The summed E-state index contributed by atoms with van der Waals surface area (Å²) in [5.41, 5.74) is 2.51. The molecular weight excluding hydrogens is 304 g/mol. The van der Waals surface area contributed by atoms with Crippen molar-refractivity contribution in [3.8, 4) is 0 Å². The molecule has 1 aliphatic heterocycles. The summed E-state index contributed by atoms with van der Waals surface area (Å²) in [5, 5.41) is 6.64. The molecule has 6 nitrogen and oxygen atoms in total. The Labute approximate surface area is 145 Å². The van der Waals surface area contributed by atoms with Crippen molar-refractivity contribution in [2.45, 2.75) is 19.9 Å². The lowest BCUT2D eigenvalue weighted by molar-refractivity contribution is 0.122. The van der Waals surface area contributed by atoms with Gasteiger partial charge in [-0.05, 0) is 25.0 Å². The second-order valence-corrected chi connectivity index (χ2v) is 5.70. The number of aliphatic imine (C=N–C) groups is 1. The van der Waals surface area contributed by atoms with Gasteiger partial charge in [0.15, 0.2) is 5.96 Å². The molecule has 6 heteroatoms. The largest absolute Gasteiger partial charge is 0.385 e. The number of ether oxygens (including phenoxy) is 2. The predicted molar refractivity (Wildman–Crippen MR) is 98.8 cm³/mol. The Kier molecular flexibility index (Phi) is 8.41. The van der Waals surface area contributed by atoms with E-state index in [-0.39, 0.29) is 0 Å². The molecule has 0 amide bonds. The molecule has 0 aliphatic carbocycles. The van der Waals surface area contributed by atoms with Crippen molar-refractivity contribution >= 4 is 11.6 Å². The van der Waals surface area contributed by atoms with Crippen LogP contribution >= 0.6 is 0 Å². The summed E-state index contributed by atoms with van der Waals surface area (Å²) in [6.07, 6.45) is 0.964. The Hall–Kier alpha value is -1.79. The van der Waals surface area contributed by atoms with Crippen molar-refractivity contribution < 1.29 is 9.47 Å². The summed E-state index contributed by atoms with van der Waals surface area (Å²) in [6, 6.07) is 8.50. The van der Waals surface area contributed by atoms with Crippen LogP contribution in [0, 0.1) is 0 Å². The summed E-state index contributed by atoms with van der Waals surface area (Å²) in [4.78, 5) is 7.11. The monoisotopic (exact) mass is 334 g/mol. The third-order valence-corrected chi connectivity index (χ3v) is 3.91. The average Bonchev–Trinajstić information content (AvgIpc) is 2.64. The Bertz CT molecular complexity index is 502. The number of methoxy groups -OCH3 is 1. The van der Waals surface area contributed by atoms with Crippen molar-refractivity contribution in [2.24, 2.45) is 4.99 Å². The van der Waals surface area contributed by atoms with Gasteiger partial charge in [0, 0.05) is 45.6 Å². The van der Waals surface area contributed by atoms with Gasteiger partial charge in [-0.1, -0.05) is 18.2 Å². The number of guanidine groups is 1. The normalized spacial score (nSPS) is 15.4. The van der Waals surface area contributed by atoms with Gasteiger partial charge in [-0.3, -0.25) is 0 Å². The second-order valence-electron chi connectivity index (χ2n) is 5.70. The molecule has 1 aromatic rings. The van der Waals surface area contributed by atoms with Crippen molar-refractivity contribution in [3.05, 3.63) is 29.8 Å². The first-order chi connectivity index (χ1) is 11.8. The first-order valence-electron chi connectivity index (χ1n) is 8.77. The van der Waals surface area contributed by atoms with E-state index in [1.165, 1.54) is 11.3 Å². The fraction of sp³-hybridized carbons (Fsp3) is 0.611. The second kappa shape index (κ2) is 10.9. The van der Waals surface area contributed by atoms with Crippen molar-refractivity contribution in [1.29, 1.82) is 0 Å². The van der Waals surface area contributed by atoms with E-state index < -0.39 is 0 Å². The Morgan fingerprint density at radius 2 is 2.04 bits per heavy atom. The maximum Gasteiger partial charge on any atom is 0.191 e. The third kappa shape index (κ3) is 6.02. The van der Waals surface area contributed by atoms with Gasteiger partial charge in [0.05, 0.1) is 19.8 Å². The van der Waals surface area contributed by atoms with Crippen LogP contribution in [0.5, 0.6) is 0 Å². The van der Waals surface area contributed by atoms with Crippen LogP contribution in [-0.2, 0) is 16.0 Å². The topological polar surface area (TPSA) is 58.1 Å². The Balaban J connectivity index is 1.99. The molecule has 0 spiro atoms. The van der Waals surface area contributed by atoms with Gasteiger partial charge < -0.3 is 25.0 Å². The van der Waals surface area contributed by atoms with Crippen molar-refractivity contribution in [3.63, 3.8) is 0 Å². The van der Waals surface area contributed by atoms with Gasteiger partial charge >= 0.3 is 0 Å². The van der Waals surface area contributed by atoms with Crippen LogP contribution in [0.25, 0.3) is 0 Å². The van der Waals surface area contributed by atoms with Gasteiger partial charge in [-0.15, -0.1) is 0 Å². The molecule has 0 bridgehead atoms. The van der Waals surface area contributed by atoms with E-state index in [9.17, 15) is 0 Å². The van der Waals surface area contributed by atoms with Gasteiger partial charge in [-0.25, -0.2) is 4.99 Å². The summed E-state index contributed by atoms with van der Waals surface area (Å²) >= 11 is 0. The maximum atomic E-state index is 5.46. The first-order valence-corrected chi connectivity index (χ1v) is 8.77. The van der Waals surface area contributed by atoms with Gasteiger partial charge in [0.1, 0.15) is 0 Å². The molecule has 0 saturated carbocycles. The molecule has 1 aliphatic rings. The van der Waals surface area contributed by atoms with Crippen LogP contribution in [0.15, 0.2) is 29.3 Å². The number of nitrogens with zero attached hydrogens (tertiary/aromatic N) is 2. The number of rotatable bonds is 8. The van der Waals surface area contributed by atoms with Crippen LogP contribution in [0.1, 0.15) is 18.9 Å². The van der Waals surface area contributed by atoms with Gasteiger partial charge in [0.25, 0.3) is 0 Å². The van der Waals surface area contributed by atoms with Crippen molar-refractivity contribution in [2.75, 3.05) is 58.0 Å². The Morgan fingerprint density at radius 3 is 2.79 bits per heavy atom. The molecule has 1 aromatic carbocycles. The minimum Gasteiger partial charge on any atom is -0.385 e. The average molecular weight is 334 g/mol. The smallest absolute Gasteiger partial charge is 0.191 e. The number of para-hydroxylation sites is 1. The van der Waals surface area contributed by atoms with E-state index in [0.717, 1.165) is 58.4 Å². The fourth-order valence-corrected chi connectivity index (χ4v) is 2.69. The van der Waals surface area contributed by atoms with E-state index in [2.05, 4.69) is 46.7 Å². The van der Waals surface area contributed by atoms with Crippen molar-refractivity contribution in [1.82, 2.24) is 10.6 Å². The molecule has 1 saturated heterocycles.